The first kappa shape index (κ1) is 17.7. The van der Waals surface area contributed by atoms with Crippen molar-refractivity contribution in [2.75, 3.05) is 7.11 Å². The fourth-order valence-electron chi connectivity index (χ4n) is 3.02. The van der Waals surface area contributed by atoms with Gasteiger partial charge in [-0.3, -0.25) is 4.98 Å². The lowest BCUT2D eigenvalue weighted by atomic mass is 9.88. The smallest absolute Gasteiger partial charge is 0.341 e. The number of allylic oxidation sites excluding steroid dienone is 2. The van der Waals surface area contributed by atoms with E-state index in [0.29, 0.717) is 6.42 Å². The number of dihydropyridines is 1. The number of nitrogens with one attached hydrogen (secondary N) is 1. The molecule has 0 amide bonds. The molecule has 1 atom stereocenters. The number of carbonyl (C=O) groups is 1. The van der Waals surface area contributed by atoms with Gasteiger partial charge in [-0.2, -0.15) is 0 Å². The minimum absolute atomic E-state index is 0.0605. The van der Waals surface area contributed by atoms with Crippen LogP contribution in [0.15, 0.2) is 60.6 Å². The molecule has 5 heteroatoms. The van der Waals surface area contributed by atoms with Crippen molar-refractivity contribution in [3.8, 4) is 5.75 Å². The van der Waals surface area contributed by atoms with Crippen molar-refractivity contribution in [1.29, 1.82) is 0 Å². The van der Waals surface area contributed by atoms with Crippen LogP contribution in [0.5, 0.6) is 5.75 Å². The predicted octanol–water partition coefficient (Wildman–Crippen LogP) is 3.38. The average molecular weight is 350 g/mol. The molecule has 1 unspecified atom stereocenters. The van der Waals surface area contributed by atoms with Crippen molar-refractivity contribution in [2.24, 2.45) is 0 Å². The summed E-state index contributed by atoms with van der Waals surface area (Å²) in [5, 5.41) is 13.4. The van der Waals surface area contributed by atoms with Crippen LogP contribution in [0.2, 0.25) is 0 Å². The molecule has 5 nitrogen and oxygen atoms in total. The second kappa shape index (κ2) is 7.04. The molecule has 0 spiro atoms. The Labute approximate surface area is 153 Å². The first-order valence-corrected chi connectivity index (χ1v) is 8.40. The van der Waals surface area contributed by atoms with Gasteiger partial charge in [-0.25, -0.2) is 4.79 Å². The highest BCUT2D eigenvalue weighted by Crippen LogP contribution is 2.29. The van der Waals surface area contributed by atoms with Crippen molar-refractivity contribution in [2.45, 2.75) is 25.8 Å². The second-order valence-corrected chi connectivity index (χ2v) is 6.60. The monoisotopic (exact) mass is 350 g/mol. The summed E-state index contributed by atoms with van der Waals surface area (Å²) in [4.78, 5) is 15.9. The van der Waals surface area contributed by atoms with E-state index in [9.17, 15) is 9.90 Å². The number of hydrogen-bond acceptors (Lipinski definition) is 5. The Morgan fingerprint density at radius 2 is 2.04 bits per heavy atom. The van der Waals surface area contributed by atoms with Gasteiger partial charge in [0, 0.05) is 18.6 Å². The van der Waals surface area contributed by atoms with Gasteiger partial charge in [-0.15, -0.1) is 0 Å². The van der Waals surface area contributed by atoms with E-state index < -0.39 is 5.97 Å². The van der Waals surface area contributed by atoms with Gasteiger partial charge in [0.15, 0.2) is 0 Å². The third-order valence-corrected chi connectivity index (χ3v) is 4.72. The zero-order chi connectivity index (χ0) is 18.7. The van der Waals surface area contributed by atoms with E-state index in [1.165, 1.54) is 7.11 Å². The van der Waals surface area contributed by atoms with E-state index in [-0.39, 0.29) is 16.9 Å². The average Bonchev–Trinajstić information content (AvgIpc) is 2.66. The number of nitrogens with zero attached hydrogens (tertiary/aromatic N) is 1. The zero-order valence-electron chi connectivity index (χ0n) is 15.1. The fourth-order valence-corrected chi connectivity index (χ4v) is 3.02. The summed E-state index contributed by atoms with van der Waals surface area (Å²) in [7, 11) is 1.30. The van der Waals surface area contributed by atoms with Crippen LogP contribution in [0.3, 0.4) is 0 Å². The van der Waals surface area contributed by atoms with Gasteiger partial charge in [-0.1, -0.05) is 12.2 Å². The lowest BCUT2D eigenvalue weighted by molar-refractivity contribution is 0.0597. The van der Waals surface area contributed by atoms with Crippen LogP contribution in [-0.2, 0) is 16.7 Å². The van der Waals surface area contributed by atoms with Crippen molar-refractivity contribution in [1.82, 2.24) is 10.3 Å². The molecule has 0 saturated heterocycles. The molecule has 0 radical (unpaired) electrons. The van der Waals surface area contributed by atoms with E-state index in [1.54, 1.807) is 24.5 Å². The molecule has 2 heterocycles. The summed E-state index contributed by atoms with van der Waals surface area (Å²) in [5.74, 6) is -0.602. The quantitative estimate of drug-likeness (QED) is 0.827. The molecule has 3 rings (SSSR count). The van der Waals surface area contributed by atoms with Crippen molar-refractivity contribution in [3.05, 3.63) is 82.8 Å². The fraction of sp³-hybridized carbons (Fsp3) is 0.238. The summed E-state index contributed by atoms with van der Waals surface area (Å²) in [6, 6.07) is 7.27. The first-order chi connectivity index (χ1) is 12.4. The van der Waals surface area contributed by atoms with Gasteiger partial charge in [-0.05, 0) is 66.8 Å². The molecule has 0 bridgehead atoms. The van der Waals surface area contributed by atoms with Gasteiger partial charge >= 0.3 is 5.97 Å². The summed E-state index contributed by atoms with van der Waals surface area (Å²) in [5.41, 5.74) is 4.01. The first-order valence-electron chi connectivity index (χ1n) is 8.40. The van der Waals surface area contributed by atoms with E-state index >= 15 is 0 Å². The Kier molecular flexibility index (Phi) is 4.80. The van der Waals surface area contributed by atoms with Gasteiger partial charge in [0.1, 0.15) is 11.3 Å². The number of aromatic hydroxyl groups is 1. The number of benzene rings is 1. The molecule has 0 aliphatic carbocycles. The van der Waals surface area contributed by atoms with Crippen LogP contribution in [0.1, 0.15) is 34.0 Å². The topological polar surface area (TPSA) is 71.5 Å². The maximum Gasteiger partial charge on any atom is 0.341 e. The largest absolute Gasteiger partial charge is 0.507 e. The van der Waals surface area contributed by atoms with Crippen LogP contribution in [0, 0.1) is 6.92 Å². The summed E-state index contributed by atoms with van der Waals surface area (Å²) in [6.45, 7) is 4.02. The number of rotatable bonds is 4. The van der Waals surface area contributed by atoms with E-state index in [0.717, 1.165) is 22.3 Å². The van der Waals surface area contributed by atoms with E-state index in [4.69, 9.17) is 4.74 Å². The number of ether oxygens (including phenoxy) is 1. The van der Waals surface area contributed by atoms with Crippen LogP contribution in [0.4, 0.5) is 0 Å². The molecule has 1 aromatic carbocycles. The number of hydrogen-bond donors (Lipinski definition) is 2. The second-order valence-electron chi connectivity index (χ2n) is 6.60. The Bertz CT molecular complexity index is 888. The molecule has 0 saturated carbocycles. The molecule has 1 aromatic heterocycles. The molecule has 2 aromatic rings. The summed E-state index contributed by atoms with van der Waals surface area (Å²) in [6.07, 6.45) is 10.4. The Hall–Kier alpha value is -3.08. The highest BCUT2D eigenvalue weighted by Gasteiger charge is 2.24. The number of esters is 1. The molecule has 26 heavy (non-hydrogen) atoms. The van der Waals surface area contributed by atoms with Crippen molar-refractivity contribution in [3.63, 3.8) is 0 Å². The summed E-state index contributed by atoms with van der Waals surface area (Å²) >= 11 is 0. The molecular formula is C21H22N2O3. The highest BCUT2D eigenvalue weighted by atomic mass is 16.5. The number of phenols is 1. The predicted molar refractivity (Wildman–Crippen MR) is 99.8 cm³/mol. The number of pyridine rings is 1. The lowest BCUT2D eigenvalue weighted by Gasteiger charge is -2.30. The van der Waals surface area contributed by atoms with Gasteiger partial charge < -0.3 is 15.2 Å². The number of methoxy groups -OCH3 is 1. The van der Waals surface area contributed by atoms with Crippen LogP contribution in [0.25, 0.3) is 0 Å². The Morgan fingerprint density at radius 3 is 2.65 bits per heavy atom. The highest BCUT2D eigenvalue weighted by molar-refractivity contribution is 5.92. The molecule has 2 N–H and O–H groups in total. The van der Waals surface area contributed by atoms with Crippen LogP contribution >= 0.6 is 0 Å². The minimum Gasteiger partial charge on any atom is -0.507 e. The standard InChI is InChI=1S/C21H22N2O3/c1-14-10-19(24)18(20(25)26-3)12-16(14)11-15-4-7-21(2,23-13-15)17-5-8-22-9-6-17/h4-10,12-13,23-24H,11H2,1-3H3. The molecule has 0 fully saturated rings. The number of aromatic nitrogens is 1. The number of phenolic OH excluding ortho intramolecular Hbond substituents is 1. The molecule has 1 aliphatic rings. The van der Waals surface area contributed by atoms with Gasteiger partial charge in [0.25, 0.3) is 0 Å². The molecular weight excluding hydrogens is 328 g/mol. The van der Waals surface area contributed by atoms with Crippen LogP contribution < -0.4 is 5.32 Å². The van der Waals surface area contributed by atoms with Gasteiger partial charge in [0.05, 0.1) is 12.6 Å². The van der Waals surface area contributed by atoms with E-state index in [2.05, 4.69) is 29.4 Å². The Balaban J connectivity index is 1.81. The minimum atomic E-state index is -0.541. The molecule has 134 valence electrons. The maximum atomic E-state index is 11.8. The maximum absolute atomic E-state index is 11.8. The van der Waals surface area contributed by atoms with Crippen molar-refractivity contribution >= 4 is 5.97 Å². The SMILES string of the molecule is COC(=O)c1cc(CC2=CNC(C)(c3ccncc3)C=C2)c(C)cc1O. The third kappa shape index (κ3) is 3.47. The molecule has 1 aliphatic heterocycles. The number of aryl methyl sites for hydroxylation is 1. The zero-order valence-corrected chi connectivity index (χ0v) is 15.1. The van der Waals surface area contributed by atoms with Gasteiger partial charge in [0.2, 0.25) is 0 Å². The van der Waals surface area contributed by atoms with Crippen molar-refractivity contribution < 1.29 is 14.6 Å². The Morgan fingerprint density at radius 1 is 1.31 bits per heavy atom. The van der Waals surface area contributed by atoms with E-state index in [1.807, 2.05) is 25.3 Å². The third-order valence-electron chi connectivity index (χ3n) is 4.72. The summed E-state index contributed by atoms with van der Waals surface area (Å²) < 4.78 is 4.73. The van der Waals surface area contributed by atoms with Crippen LogP contribution in [-0.4, -0.2) is 23.2 Å². The lowest BCUT2D eigenvalue weighted by Crippen LogP contribution is -2.36. The number of carbonyl (C=O) groups excluding carboxylic acids is 1. The normalized spacial score (nSPS) is 18.8.